The summed E-state index contributed by atoms with van der Waals surface area (Å²) in [5, 5.41) is 0. The van der Waals surface area contributed by atoms with E-state index >= 15 is 0 Å². The fourth-order valence-electron chi connectivity index (χ4n) is 3.11. The number of hydrogen-bond donors (Lipinski definition) is 0. The molecular formula is C18H23NO4. The highest BCUT2D eigenvalue weighted by molar-refractivity contribution is 6.05. The number of carbonyl (C=O) groups is 3. The molecule has 1 aromatic rings. The summed E-state index contributed by atoms with van der Waals surface area (Å²) in [6.45, 7) is 3.07. The minimum Gasteiger partial charge on any atom is -0.468 e. The summed E-state index contributed by atoms with van der Waals surface area (Å²) in [4.78, 5) is 38.2. The van der Waals surface area contributed by atoms with Crippen molar-refractivity contribution in [3.63, 3.8) is 0 Å². The lowest BCUT2D eigenvalue weighted by molar-refractivity contribution is -0.163. The smallest absolute Gasteiger partial charge is 0.320 e. The molecule has 1 atom stereocenters. The summed E-state index contributed by atoms with van der Waals surface area (Å²) in [7, 11) is 1.29. The zero-order chi connectivity index (χ0) is 16.9. The van der Waals surface area contributed by atoms with Gasteiger partial charge < -0.3 is 9.53 Å². The summed E-state index contributed by atoms with van der Waals surface area (Å²) in [5.74, 6) is -0.669. The molecule has 2 rings (SSSR count). The average molecular weight is 317 g/mol. The van der Waals surface area contributed by atoms with Crippen molar-refractivity contribution < 1.29 is 19.1 Å². The van der Waals surface area contributed by atoms with Crippen molar-refractivity contribution in [2.24, 2.45) is 5.41 Å². The summed E-state index contributed by atoms with van der Waals surface area (Å²) in [6, 6.07) is 9.92. The number of nitrogens with zero attached hydrogens (tertiary/aromatic N) is 1. The van der Waals surface area contributed by atoms with Crippen molar-refractivity contribution in [1.82, 2.24) is 4.90 Å². The highest BCUT2D eigenvalue weighted by atomic mass is 16.5. The molecule has 0 aromatic heterocycles. The lowest BCUT2D eigenvalue weighted by Gasteiger charge is -2.39. The Morgan fingerprint density at radius 2 is 1.96 bits per heavy atom. The van der Waals surface area contributed by atoms with Crippen LogP contribution in [0, 0.1) is 5.41 Å². The third-order valence-corrected chi connectivity index (χ3v) is 4.41. The van der Waals surface area contributed by atoms with Gasteiger partial charge in [0.15, 0.2) is 5.78 Å². The Bertz CT molecular complexity index is 574. The monoisotopic (exact) mass is 317 g/mol. The van der Waals surface area contributed by atoms with Gasteiger partial charge in [-0.05, 0) is 18.9 Å². The van der Waals surface area contributed by atoms with Crippen LogP contribution < -0.4 is 0 Å². The fourth-order valence-corrected chi connectivity index (χ4v) is 3.11. The molecule has 1 heterocycles. The Morgan fingerprint density at radius 1 is 1.26 bits per heavy atom. The molecule has 0 bridgehead atoms. The number of likely N-dealkylation sites (tertiary alicyclic amines) is 1. The van der Waals surface area contributed by atoms with Crippen LogP contribution in [0.4, 0.5) is 0 Å². The SMILES string of the molecule is COC(=O)C1(CCC(C)=O)CN(Cc2ccccc2)CCC1=O. The van der Waals surface area contributed by atoms with Crippen LogP contribution in [-0.2, 0) is 25.7 Å². The van der Waals surface area contributed by atoms with Gasteiger partial charge in [0.25, 0.3) is 0 Å². The number of hydrogen-bond acceptors (Lipinski definition) is 5. The van der Waals surface area contributed by atoms with E-state index in [0.29, 0.717) is 26.1 Å². The number of piperidine rings is 1. The Hall–Kier alpha value is -2.01. The summed E-state index contributed by atoms with van der Waals surface area (Å²) in [5.41, 5.74) is -0.0832. The molecule has 1 aromatic carbocycles. The lowest BCUT2D eigenvalue weighted by atomic mass is 9.74. The number of rotatable bonds is 6. The van der Waals surface area contributed by atoms with E-state index < -0.39 is 11.4 Å². The summed E-state index contributed by atoms with van der Waals surface area (Å²) >= 11 is 0. The minimum absolute atomic E-state index is 0.0266. The molecule has 5 nitrogen and oxygen atoms in total. The van der Waals surface area contributed by atoms with Gasteiger partial charge in [0, 0.05) is 32.5 Å². The van der Waals surface area contributed by atoms with Gasteiger partial charge in [0.1, 0.15) is 11.2 Å². The van der Waals surface area contributed by atoms with Gasteiger partial charge in [0.2, 0.25) is 0 Å². The van der Waals surface area contributed by atoms with E-state index in [2.05, 4.69) is 4.90 Å². The first-order chi connectivity index (χ1) is 11.0. The molecule has 0 radical (unpaired) electrons. The van der Waals surface area contributed by atoms with Gasteiger partial charge in [-0.1, -0.05) is 30.3 Å². The number of carbonyl (C=O) groups excluding carboxylic acids is 3. The molecule has 1 unspecified atom stereocenters. The molecule has 5 heteroatoms. The molecule has 1 fully saturated rings. The second kappa shape index (κ2) is 7.51. The van der Waals surface area contributed by atoms with Crippen LogP contribution in [0.5, 0.6) is 0 Å². The predicted molar refractivity (Wildman–Crippen MR) is 85.7 cm³/mol. The summed E-state index contributed by atoms with van der Waals surface area (Å²) in [6.07, 6.45) is 0.735. The molecule has 23 heavy (non-hydrogen) atoms. The fraction of sp³-hybridized carbons (Fsp3) is 0.500. The molecule has 1 aliphatic heterocycles. The number of Topliss-reactive ketones (excluding diaryl/α,β-unsaturated/α-hetero) is 2. The van der Waals surface area contributed by atoms with Gasteiger partial charge in [-0.25, -0.2) is 0 Å². The highest BCUT2D eigenvalue weighted by Gasteiger charge is 2.49. The van der Waals surface area contributed by atoms with Gasteiger partial charge in [0.05, 0.1) is 7.11 Å². The van der Waals surface area contributed by atoms with Gasteiger partial charge >= 0.3 is 5.97 Å². The lowest BCUT2D eigenvalue weighted by Crippen LogP contribution is -2.54. The third kappa shape index (κ3) is 4.05. The van der Waals surface area contributed by atoms with Crippen LogP contribution in [0.25, 0.3) is 0 Å². The van der Waals surface area contributed by atoms with Crippen LogP contribution in [-0.4, -0.2) is 42.6 Å². The van der Waals surface area contributed by atoms with E-state index in [1.54, 1.807) is 0 Å². The van der Waals surface area contributed by atoms with Gasteiger partial charge in [-0.3, -0.25) is 14.5 Å². The first kappa shape index (κ1) is 17.3. The van der Waals surface area contributed by atoms with Crippen molar-refractivity contribution in [2.75, 3.05) is 20.2 Å². The van der Waals surface area contributed by atoms with E-state index in [4.69, 9.17) is 4.74 Å². The third-order valence-electron chi connectivity index (χ3n) is 4.41. The van der Waals surface area contributed by atoms with E-state index in [-0.39, 0.29) is 24.4 Å². The van der Waals surface area contributed by atoms with Crippen molar-refractivity contribution in [3.05, 3.63) is 35.9 Å². The van der Waals surface area contributed by atoms with Crippen molar-refractivity contribution in [1.29, 1.82) is 0 Å². The van der Waals surface area contributed by atoms with Gasteiger partial charge in [-0.2, -0.15) is 0 Å². The number of benzene rings is 1. The number of ether oxygens (including phenoxy) is 1. The minimum atomic E-state index is -1.21. The Labute approximate surface area is 136 Å². The van der Waals surface area contributed by atoms with Crippen LogP contribution in [0.3, 0.4) is 0 Å². The van der Waals surface area contributed by atoms with E-state index in [9.17, 15) is 14.4 Å². The van der Waals surface area contributed by atoms with Crippen molar-refractivity contribution >= 4 is 17.5 Å². The first-order valence-corrected chi connectivity index (χ1v) is 7.85. The van der Waals surface area contributed by atoms with E-state index in [1.807, 2.05) is 30.3 Å². The molecule has 1 saturated heterocycles. The molecule has 0 N–H and O–H groups in total. The number of methoxy groups -OCH3 is 1. The summed E-state index contributed by atoms with van der Waals surface area (Å²) < 4.78 is 4.90. The second-order valence-electron chi connectivity index (χ2n) is 6.15. The van der Waals surface area contributed by atoms with Crippen molar-refractivity contribution in [3.8, 4) is 0 Å². The largest absolute Gasteiger partial charge is 0.468 e. The van der Waals surface area contributed by atoms with Crippen LogP contribution in [0.1, 0.15) is 31.7 Å². The topological polar surface area (TPSA) is 63.7 Å². The standard InChI is InChI=1S/C18H23NO4/c1-14(20)8-10-18(17(22)23-2)13-19(11-9-16(18)21)12-15-6-4-3-5-7-15/h3-7H,8-13H2,1-2H3. The zero-order valence-corrected chi connectivity index (χ0v) is 13.7. The molecule has 0 spiro atoms. The van der Waals surface area contributed by atoms with Crippen LogP contribution in [0.15, 0.2) is 30.3 Å². The van der Waals surface area contributed by atoms with E-state index in [1.165, 1.54) is 14.0 Å². The average Bonchev–Trinajstić information content (AvgIpc) is 2.55. The Kier molecular flexibility index (Phi) is 5.66. The highest BCUT2D eigenvalue weighted by Crippen LogP contribution is 2.34. The molecule has 124 valence electrons. The molecule has 0 aliphatic carbocycles. The Balaban J connectivity index is 2.19. The van der Waals surface area contributed by atoms with Crippen LogP contribution >= 0.6 is 0 Å². The number of ketones is 2. The first-order valence-electron chi connectivity index (χ1n) is 7.85. The molecule has 0 amide bonds. The maximum atomic E-state index is 12.5. The predicted octanol–water partition coefficient (Wildman–Crippen LogP) is 1.99. The van der Waals surface area contributed by atoms with Crippen LogP contribution in [0.2, 0.25) is 0 Å². The van der Waals surface area contributed by atoms with Gasteiger partial charge in [-0.15, -0.1) is 0 Å². The Morgan fingerprint density at radius 3 is 2.57 bits per heavy atom. The second-order valence-corrected chi connectivity index (χ2v) is 6.15. The quantitative estimate of drug-likeness (QED) is 0.593. The maximum Gasteiger partial charge on any atom is 0.320 e. The normalized spacial score (nSPS) is 21.9. The molecular weight excluding hydrogens is 294 g/mol. The maximum absolute atomic E-state index is 12.5. The zero-order valence-electron chi connectivity index (χ0n) is 13.7. The van der Waals surface area contributed by atoms with Crippen molar-refractivity contribution in [2.45, 2.75) is 32.7 Å². The molecule has 0 saturated carbocycles. The van der Waals surface area contributed by atoms with E-state index in [0.717, 1.165) is 5.56 Å². The molecule has 1 aliphatic rings. The number of esters is 1.